The second kappa shape index (κ2) is 9.33. The van der Waals surface area contributed by atoms with Crippen LogP contribution in [0.3, 0.4) is 0 Å². The third-order valence-electron chi connectivity index (χ3n) is 4.04. The first-order valence-electron chi connectivity index (χ1n) is 8.76. The molecule has 0 atom stereocenters. The van der Waals surface area contributed by atoms with Crippen molar-refractivity contribution in [2.24, 2.45) is 0 Å². The molecule has 3 rings (SSSR count). The Morgan fingerprint density at radius 1 is 1.00 bits per heavy atom. The van der Waals surface area contributed by atoms with Gasteiger partial charge in [0.15, 0.2) is 0 Å². The average molecular weight is 362 g/mol. The van der Waals surface area contributed by atoms with Gasteiger partial charge in [-0.15, -0.1) is 0 Å². The number of nitrogens with one attached hydrogen (secondary N) is 2. The van der Waals surface area contributed by atoms with Crippen LogP contribution in [0, 0.1) is 0 Å². The Balaban J connectivity index is 1.50. The maximum absolute atomic E-state index is 12.3. The zero-order valence-electron chi connectivity index (χ0n) is 15.2. The number of anilines is 1. The number of hydrogen-bond acceptors (Lipinski definition) is 5. The summed E-state index contributed by atoms with van der Waals surface area (Å²) in [7, 11) is 1.64. The van der Waals surface area contributed by atoms with Crippen molar-refractivity contribution in [2.75, 3.05) is 19.0 Å². The number of amides is 1. The van der Waals surface area contributed by atoms with E-state index < -0.39 is 0 Å². The van der Waals surface area contributed by atoms with Gasteiger partial charge in [-0.05, 0) is 35.7 Å². The highest BCUT2D eigenvalue weighted by molar-refractivity contribution is 5.92. The lowest BCUT2D eigenvalue weighted by Crippen LogP contribution is -2.26. The molecule has 138 valence electrons. The highest BCUT2D eigenvalue weighted by Crippen LogP contribution is 2.11. The van der Waals surface area contributed by atoms with E-state index in [0.29, 0.717) is 24.7 Å². The predicted octanol–water partition coefficient (Wildman–Crippen LogP) is 3.07. The Bertz CT molecular complexity index is 867. The maximum Gasteiger partial charge on any atom is 0.270 e. The summed E-state index contributed by atoms with van der Waals surface area (Å²) in [6, 6.07) is 19.4. The smallest absolute Gasteiger partial charge is 0.270 e. The van der Waals surface area contributed by atoms with Gasteiger partial charge < -0.3 is 15.4 Å². The molecule has 6 nitrogen and oxygen atoms in total. The highest BCUT2D eigenvalue weighted by atomic mass is 16.5. The average Bonchev–Trinajstić information content (AvgIpc) is 2.73. The Morgan fingerprint density at radius 3 is 2.52 bits per heavy atom. The molecule has 1 amide bonds. The quantitative estimate of drug-likeness (QED) is 0.644. The van der Waals surface area contributed by atoms with E-state index in [1.807, 2.05) is 54.6 Å². The van der Waals surface area contributed by atoms with Gasteiger partial charge in [-0.25, -0.2) is 9.97 Å². The van der Waals surface area contributed by atoms with Crippen LogP contribution in [0.15, 0.2) is 66.9 Å². The summed E-state index contributed by atoms with van der Waals surface area (Å²) >= 11 is 0. The number of benzene rings is 2. The molecule has 1 aromatic heterocycles. The predicted molar refractivity (Wildman–Crippen MR) is 105 cm³/mol. The van der Waals surface area contributed by atoms with Gasteiger partial charge in [0, 0.05) is 19.3 Å². The van der Waals surface area contributed by atoms with Gasteiger partial charge in [-0.1, -0.05) is 42.5 Å². The van der Waals surface area contributed by atoms with Crippen molar-refractivity contribution in [3.05, 3.63) is 83.7 Å². The first kappa shape index (κ1) is 18.4. The summed E-state index contributed by atoms with van der Waals surface area (Å²) in [6.07, 6.45) is 2.32. The molecule has 0 bridgehead atoms. The molecule has 0 fully saturated rings. The number of aromatic nitrogens is 2. The van der Waals surface area contributed by atoms with Crippen LogP contribution in [0.5, 0.6) is 5.75 Å². The molecule has 3 aromatic rings. The van der Waals surface area contributed by atoms with Gasteiger partial charge in [-0.3, -0.25) is 4.79 Å². The molecule has 0 unspecified atom stereocenters. The minimum absolute atomic E-state index is 0.214. The third kappa shape index (κ3) is 5.54. The lowest BCUT2D eigenvalue weighted by molar-refractivity contribution is 0.0949. The van der Waals surface area contributed by atoms with Crippen LogP contribution in [-0.2, 0) is 13.0 Å². The second-order valence-corrected chi connectivity index (χ2v) is 5.96. The van der Waals surface area contributed by atoms with E-state index in [2.05, 4.69) is 20.6 Å². The molecule has 0 aliphatic heterocycles. The highest BCUT2D eigenvalue weighted by Gasteiger charge is 2.08. The molecule has 0 spiro atoms. The van der Waals surface area contributed by atoms with Crippen molar-refractivity contribution in [2.45, 2.75) is 13.0 Å². The van der Waals surface area contributed by atoms with Crippen LogP contribution in [-0.4, -0.2) is 29.5 Å². The first-order chi connectivity index (χ1) is 13.2. The first-order valence-corrected chi connectivity index (χ1v) is 8.76. The van der Waals surface area contributed by atoms with Crippen molar-refractivity contribution in [1.29, 1.82) is 0 Å². The van der Waals surface area contributed by atoms with Crippen molar-refractivity contribution >= 4 is 11.9 Å². The van der Waals surface area contributed by atoms with E-state index in [-0.39, 0.29) is 5.91 Å². The molecule has 27 heavy (non-hydrogen) atoms. The molecule has 6 heteroatoms. The van der Waals surface area contributed by atoms with Crippen LogP contribution in [0.4, 0.5) is 5.95 Å². The van der Waals surface area contributed by atoms with Crippen molar-refractivity contribution in [3.8, 4) is 5.75 Å². The summed E-state index contributed by atoms with van der Waals surface area (Å²) in [5, 5.41) is 6.02. The molecule has 2 N–H and O–H groups in total. The van der Waals surface area contributed by atoms with Crippen LogP contribution in [0.25, 0.3) is 0 Å². The normalized spacial score (nSPS) is 10.3. The Morgan fingerprint density at radius 2 is 1.78 bits per heavy atom. The minimum Gasteiger partial charge on any atom is -0.497 e. The maximum atomic E-state index is 12.3. The van der Waals surface area contributed by atoms with Crippen molar-refractivity contribution in [3.63, 3.8) is 0 Å². The Hall–Kier alpha value is -3.41. The second-order valence-electron chi connectivity index (χ2n) is 5.96. The van der Waals surface area contributed by atoms with Crippen LogP contribution < -0.4 is 15.4 Å². The number of methoxy groups -OCH3 is 1. The van der Waals surface area contributed by atoms with Crippen LogP contribution in [0.1, 0.15) is 21.6 Å². The standard InChI is InChI=1S/C21H22N4O2/c1-27-18-9-7-16(8-10-18)11-13-22-20(26)19-12-14-23-21(25-19)24-15-17-5-3-2-4-6-17/h2-10,12,14H,11,13,15H2,1H3,(H,22,26)(H,23,24,25). The van der Waals surface area contributed by atoms with Gasteiger partial charge in [0.05, 0.1) is 7.11 Å². The zero-order chi connectivity index (χ0) is 18.9. The number of nitrogens with zero attached hydrogens (tertiary/aromatic N) is 2. The summed E-state index contributed by atoms with van der Waals surface area (Å²) in [4.78, 5) is 20.8. The number of carbonyl (C=O) groups excluding carboxylic acids is 1. The summed E-state index contributed by atoms with van der Waals surface area (Å²) < 4.78 is 5.14. The molecule has 0 aliphatic rings. The van der Waals surface area contributed by atoms with E-state index in [0.717, 1.165) is 23.3 Å². The molecule has 0 radical (unpaired) electrons. The number of rotatable bonds is 8. The van der Waals surface area contributed by atoms with Crippen molar-refractivity contribution < 1.29 is 9.53 Å². The van der Waals surface area contributed by atoms with Gasteiger partial charge >= 0.3 is 0 Å². The summed E-state index contributed by atoms with van der Waals surface area (Å²) in [6.45, 7) is 1.13. The Kier molecular flexibility index (Phi) is 6.35. The topological polar surface area (TPSA) is 76.1 Å². The van der Waals surface area contributed by atoms with Crippen LogP contribution >= 0.6 is 0 Å². The fourth-order valence-corrected chi connectivity index (χ4v) is 2.55. The van der Waals surface area contributed by atoms with Crippen LogP contribution in [0.2, 0.25) is 0 Å². The van der Waals surface area contributed by atoms with Gasteiger partial charge in [-0.2, -0.15) is 0 Å². The molecule has 1 heterocycles. The lowest BCUT2D eigenvalue weighted by atomic mass is 10.1. The molecule has 0 aliphatic carbocycles. The number of carbonyl (C=O) groups is 1. The number of hydrogen-bond donors (Lipinski definition) is 2. The fourth-order valence-electron chi connectivity index (χ4n) is 2.55. The molecule has 0 saturated carbocycles. The largest absolute Gasteiger partial charge is 0.497 e. The van der Waals surface area contributed by atoms with E-state index >= 15 is 0 Å². The van der Waals surface area contributed by atoms with Crippen molar-refractivity contribution in [1.82, 2.24) is 15.3 Å². The molecule has 2 aromatic carbocycles. The van der Waals surface area contributed by atoms with E-state index in [9.17, 15) is 4.79 Å². The van der Waals surface area contributed by atoms with E-state index in [1.54, 1.807) is 19.4 Å². The minimum atomic E-state index is -0.214. The van der Waals surface area contributed by atoms with Gasteiger partial charge in [0.25, 0.3) is 5.91 Å². The summed E-state index contributed by atoms with van der Waals surface area (Å²) in [5.74, 6) is 1.04. The monoisotopic (exact) mass is 362 g/mol. The number of ether oxygens (including phenoxy) is 1. The summed E-state index contributed by atoms with van der Waals surface area (Å²) in [5.41, 5.74) is 2.59. The molecule has 0 saturated heterocycles. The third-order valence-corrected chi connectivity index (χ3v) is 4.04. The van der Waals surface area contributed by atoms with Gasteiger partial charge in [0.2, 0.25) is 5.95 Å². The van der Waals surface area contributed by atoms with E-state index in [1.165, 1.54) is 0 Å². The molecular formula is C21H22N4O2. The zero-order valence-corrected chi connectivity index (χ0v) is 15.2. The molecular weight excluding hydrogens is 340 g/mol. The van der Waals surface area contributed by atoms with Gasteiger partial charge in [0.1, 0.15) is 11.4 Å². The van der Waals surface area contributed by atoms with E-state index in [4.69, 9.17) is 4.74 Å². The Labute approximate surface area is 158 Å². The fraction of sp³-hybridized carbons (Fsp3) is 0.190. The SMILES string of the molecule is COc1ccc(CCNC(=O)c2ccnc(NCc3ccccc3)n2)cc1. The lowest BCUT2D eigenvalue weighted by Gasteiger charge is -2.08.